The van der Waals surface area contributed by atoms with Crippen molar-refractivity contribution in [3.8, 4) is 0 Å². The average Bonchev–Trinajstić information content (AvgIpc) is 2.69. The topological polar surface area (TPSA) is 104 Å². The molecular formula is C11H17NO5S2. The van der Waals surface area contributed by atoms with Gasteiger partial charge in [0, 0.05) is 17.5 Å². The lowest BCUT2D eigenvalue weighted by Crippen LogP contribution is -2.32. The summed E-state index contributed by atoms with van der Waals surface area (Å²) in [5, 5.41) is 17.6. The first-order chi connectivity index (χ1) is 8.77. The lowest BCUT2D eigenvalue weighted by atomic mass is 10.2. The van der Waals surface area contributed by atoms with Gasteiger partial charge in [0.1, 0.15) is 4.88 Å². The van der Waals surface area contributed by atoms with Crippen LogP contribution in [0.15, 0.2) is 11.0 Å². The van der Waals surface area contributed by atoms with E-state index >= 15 is 0 Å². The highest BCUT2D eigenvalue weighted by molar-refractivity contribution is 7.89. The maximum Gasteiger partial charge on any atom is 0.345 e. The third kappa shape index (κ3) is 4.27. The Balaban J connectivity index is 2.91. The Kier molecular flexibility index (Phi) is 5.48. The number of hydrogen-bond acceptors (Lipinski definition) is 5. The van der Waals surface area contributed by atoms with Crippen LogP contribution in [-0.2, 0) is 10.0 Å². The van der Waals surface area contributed by atoms with E-state index in [1.165, 1.54) is 6.07 Å². The molecule has 1 unspecified atom stereocenters. The van der Waals surface area contributed by atoms with Gasteiger partial charge >= 0.3 is 5.97 Å². The van der Waals surface area contributed by atoms with E-state index in [-0.39, 0.29) is 22.4 Å². The number of aryl methyl sites for hydroxylation is 1. The van der Waals surface area contributed by atoms with Crippen molar-refractivity contribution in [1.82, 2.24) is 4.72 Å². The average molecular weight is 307 g/mol. The first-order valence-electron chi connectivity index (χ1n) is 5.75. The molecule has 6 nitrogen and oxygen atoms in total. The molecule has 1 aromatic heterocycles. The molecule has 0 aliphatic heterocycles. The van der Waals surface area contributed by atoms with Crippen LogP contribution in [0.5, 0.6) is 0 Å². The summed E-state index contributed by atoms with van der Waals surface area (Å²) in [5.74, 6) is -1.14. The third-order valence-electron chi connectivity index (χ3n) is 2.52. The molecule has 8 heteroatoms. The van der Waals surface area contributed by atoms with E-state index in [9.17, 15) is 13.2 Å². The highest BCUT2D eigenvalue weighted by atomic mass is 32.2. The van der Waals surface area contributed by atoms with Crippen molar-refractivity contribution in [1.29, 1.82) is 0 Å². The number of aliphatic hydroxyl groups is 1. The van der Waals surface area contributed by atoms with Crippen molar-refractivity contribution in [3.63, 3.8) is 0 Å². The molecule has 0 aliphatic rings. The van der Waals surface area contributed by atoms with Gasteiger partial charge in [0.15, 0.2) is 0 Å². The minimum atomic E-state index is -3.72. The van der Waals surface area contributed by atoms with Gasteiger partial charge in [0.2, 0.25) is 10.0 Å². The van der Waals surface area contributed by atoms with E-state index < -0.39 is 16.0 Å². The van der Waals surface area contributed by atoms with Crippen LogP contribution >= 0.6 is 11.3 Å². The zero-order chi connectivity index (χ0) is 14.6. The fraction of sp³-hybridized carbons (Fsp3) is 0.545. The molecule has 1 heterocycles. The number of carboxylic acid groups (broad SMARTS) is 1. The normalized spacial score (nSPS) is 13.4. The zero-order valence-corrected chi connectivity index (χ0v) is 12.3. The lowest BCUT2D eigenvalue weighted by molar-refractivity contribution is 0.0702. The third-order valence-corrected chi connectivity index (χ3v) is 5.41. The van der Waals surface area contributed by atoms with Crippen LogP contribution in [-0.4, -0.2) is 37.2 Å². The van der Waals surface area contributed by atoms with Crippen LogP contribution in [0.2, 0.25) is 0 Å². The van der Waals surface area contributed by atoms with E-state index in [2.05, 4.69) is 4.72 Å². The van der Waals surface area contributed by atoms with Crippen molar-refractivity contribution < 1.29 is 23.4 Å². The van der Waals surface area contributed by atoms with Gasteiger partial charge in [-0.25, -0.2) is 17.9 Å². The number of carbonyl (C=O) groups is 1. The summed E-state index contributed by atoms with van der Waals surface area (Å²) in [6.45, 7) is 3.28. The summed E-state index contributed by atoms with van der Waals surface area (Å²) in [6.07, 6.45) is 1.03. The second kappa shape index (κ2) is 6.47. The number of sulfonamides is 1. The molecule has 0 aromatic carbocycles. The van der Waals surface area contributed by atoms with Gasteiger partial charge < -0.3 is 10.2 Å². The zero-order valence-electron chi connectivity index (χ0n) is 10.7. The molecule has 108 valence electrons. The second-order valence-electron chi connectivity index (χ2n) is 4.22. The maximum atomic E-state index is 12.1. The molecule has 0 fully saturated rings. The Hall–Kier alpha value is -0.960. The second-order valence-corrected chi connectivity index (χ2v) is 7.16. The minimum absolute atomic E-state index is 0.000821. The Bertz CT molecular complexity index is 549. The molecule has 0 saturated heterocycles. The Morgan fingerprint density at radius 3 is 2.63 bits per heavy atom. The van der Waals surface area contributed by atoms with Gasteiger partial charge in [-0.3, -0.25) is 0 Å². The number of nitrogens with one attached hydrogen (secondary N) is 1. The van der Waals surface area contributed by atoms with Crippen LogP contribution in [0.4, 0.5) is 0 Å². The molecule has 1 aromatic rings. The monoisotopic (exact) mass is 307 g/mol. The van der Waals surface area contributed by atoms with Gasteiger partial charge in [-0.2, -0.15) is 0 Å². The van der Waals surface area contributed by atoms with Crippen LogP contribution in [0.3, 0.4) is 0 Å². The molecule has 3 N–H and O–H groups in total. The van der Waals surface area contributed by atoms with E-state index in [0.717, 1.165) is 11.3 Å². The van der Waals surface area contributed by atoms with E-state index in [0.29, 0.717) is 17.7 Å². The van der Waals surface area contributed by atoms with Crippen molar-refractivity contribution in [2.45, 2.75) is 37.6 Å². The summed E-state index contributed by atoms with van der Waals surface area (Å²) in [4.78, 5) is 11.3. The number of aliphatic hydroxyl groups excluding tert-OH is 1. The van der Waals surface area contributed by atoms with Gasteiger partial charge in [0.05, 0.1) is 4.90 Å². The molecule has 19 heavy (non-hydrogen) atoms. The Morgan fingerprint density at radius 1 is 1.53 bits per heavy atom. The summed E-state index contributed by atoms with van der Waals surface area (Å²) < 4.78 is 26.7. The lowest BCUT2D eigenvalue weighted by Gasteiger charge is -2.13. The smallest absolute Gasteiger partial charge is 0.345 e. The highest BCUT2D eigenvalue weighted by Crippen LogP contribution is 2.25. The number of thiophene rings is 1. The minimum Gasteiger partial charge on any atom is -0.477 e. The summed E-state index contributed by atoms with van der Waals surface area (Å²) in [5.41, 5.74) is 0. The van der Waals surface area contributed by atoms with E-state index in [4.69, 9.17) is 10.2 Å². The quantitative estimate of drug-likeness (QED) is 0.702. The van der Waals surface area contributed by atoms with Crippen LogP contribution in [0.1, 0.15) is 34.3 Å². The van der Waals surface area contributed by atoms with E-state index in [1.54, 1.807) is 13.8 Å². The summed E-state index contributed by atoms with van der Waals surface area (Å²) in [7, 11) is -3.72. The van der Waals surface area contributed by atoms with Gasteiger partial charge in [-0.15, -0.1) is 11.3 Å². The van der Waals surface area contributed by atoms with Crippen LogP contribution in [0.25, 0.3) is 0 Å². The van der Waals surface area contributed by atoms with E-state index in [1.807, 2.05) is 0 Å². The predicted molar refractivity (Wildman–Crippen MR) is 72.1 cm³/mol. The van der Waals surface area contributed by atoms with Gasteiger partial charge in [-0.1, -0.05) is 0 Å². The molecular weight excluding hydrogens is 290 g/mol. The molecule has 0 spiro atoms. The first-order valence-corrected chi connectivity index (χ1v) is 8.05. The number of rotatable bonds is 7. The van der Waals surface area contributed by atoms with Gasteiger partial charge in [0.25, 0.3) is 0 Å². The first kappa shape index (κ1) is 16.1. The molecule has 0 bridgehead atoms. The standard InChI is InChI=1S/C11H17NO5S2/c1-7(4-3-5-13)12-19(16,17)10-6-9(11(14)15)18-8(10)2/h6-7,12-13H,3-5H2,1-2H3,(H,14,15). The highest BCUT2D eigenvalue weighted by Gasteiger charge is 2.23. The summed E-state index contributed by atoms with van der Waals surface area (Å²) >= 11 is 0.936. The number of carboxylic acids is 1. The summed E-state index contributed by atoms with van der Waals surface area (Å²) in [6, 6.07) is 0.855. The van der Waals surface area contributed by atoms with Crippen LogP contribution in [0, 0.1) is 6.92 Å². The fourth-order valence-corrected chi connectivity index (χ4v) is 4.33. The largest absolute Gasteiger partial charge is 0.477 e. The number of hydrogen-bond donors (Lipinski definition) is 3. The van der Waals surface area contributed by atoms with Crippen molar-refractivity contribution >= 4 is 27.3 Å². The predicted octanol–water partition coefficient (Wildman–Crippen LogP) is 1.19. The molecule has 1 atom stereocenters. The Labute approximate surface area is 116 Å². The molecule has 0 amide bonds. The molecule has 0 saturated carbocycles. The van der Waals surface area contributed by atoms with Crippen LogP contribution < -0.4 is 4.72 Å². The molecule has 0 aliphatic carbocycles. The van der Waals surface area contributed by atoms with Crippen molar-refractivity contribution in [3.05, 3.63) is 15.8 Å². The van der Waals surface area contributed by atoms with Crippen molar-refractivity contribution in [2.75, 3.05) is 6.61 Å². The molecule has 1 rings (SSSR count). The molecule has 0 radical (unpaired) electrons. The fourth-order valence-electron chi connectivity index (χ4n) is 1.62. The maximum absolute atomic E-state index is 12.1. The van der Waals surface area contributed by atoms with Crippen molar-refractivity contribution in [2.24, 2.45) is 0 Å². The number of aromatic carboxylic acids is 1. The Morgan fingerprint density at radius 2 is 2.16 bits per heavy atom. The SMILES string of the molecule is Cc1sc(C(=O)O)cc1S(=O)(=O)NC(C)CCCO. The van der Waals surface area contributed by atoms with Gasteiger partial charge in [-0.05, 0) is 32.8 Å².